The molecule has 0 heterocycles. The standard InChI is InChI=1S/C55H106O6/c1-7-51(6)43-37-31-25-19-15-10-8-9-11-16-20-26-32-38-44-53(56)59-47-52(48-60-54(57)45-39-33-28-22-24-30-36-42-50(4)5)61-55(58)46-40-34-27-21-17-13-12-14-18-23-29-35-41-49(2)3/h49-52H,7-48H2,1-6H3/t51?,52-/m0/s1. The Hall–Kier alpha value is -1.59. The third-order valence-corrected chi connectivity index (χ3v) is 12.8. The molecule has 0 saturated carbocycles. The van der Waals surface area contributed by atoms with Gasteiger partial charge in [0, 0.05) is 19.3 Å². The number of ether oxygens (including phenoxy) is 3. The Kier molecular flexibility index (Phi) is 45.2. The number of esters is 3. The SMILES string of the molecule is CCC(C)CCCCCCCCCCCCCCCCC(=O)OC[C@@H](COC(=O)CCCCCCCCCC(C)C)OC(=O)CCCCCCCCCCCCCCC(C)C. The summed E-state index contributed by atoms with van der Waals surface area (Å²) >= 11 is 0. The minimum absolute atomic E-state index is 0.0646. The van der Waals surface area contributed by atoms with Gasteiger partial charge in [0.15, 0.2) is 6.10 Å². The molecule has 0 aliphatic carbocycles. The molecule has 0 radical (unpaired) electrons. The average molecular weight is 863 g/mol. The second-order valence-electron chi connectivity index (χ2n) is 20.1. The van der Waals surface area contributed by atoms with Gasteiger partial charge in [-0.25, -0.2) is 0 Å². The summed E-state index contributed by atoms with van der Waals surface area (Å²) in [5, 5.41) is 0. The lowest BCUT2D eigenvalue weighted by atomic mass is 9.99. The van der Waals surface area contributed by atoms with Crippen molar-refractivity contribution in [3.8, 4) is 0 Å². The molecule has 6 nitrogen and oxygen atoms in total. The zero-order valence-corrected chi connectivity index (χ0v) is 42.0. The van der Waals surface area contributed by atoms with Crippen molar-refractivity contribution < 1.29 is 28.6 Å². The number of hydrogen-bond donors (Lipinski definition) is 0. The van der Waals surface area contributed by atoms with Gasteiger partial charge in [0.05, 0.1) is 0 Å². The Labute approximate surface area is 380 Å². The highest BCUT2D eigenvalue weighted by Gasteiger charge is 2.19. The summed E-state index contributed by atoms with van der Waals surface area (Å²) in [5.41, 5.74) is 0. The van der Waals surface area contributed by atoms with E-state index in [1.807, 2.05) is 0 Å². The minimum Gasteiger partial charge on any atom is -0.462 e. The van der Waals surface area contributed by atoms with E-state index in [-0.39, 0.29) is 31.1 Å². The molecule has 0 aromatic carbocycles. The normalized spacial score (nSPS) is 12.6. The highest BCUT2D eigenvalue weighted by molar-refractivity contribution is 5.71. The number of rotatable bonds is 48. The average Bonchev–Trinajstić information content (AvgIpc) is 3.23. The lowest BCUT2D eigenvalue weighted by molar-refractivity contribution is -0.167. The highest BCUT2D eigenvalue weighted by Crippen LogP contribution is 2.18. The zero-order chi connectivity index (χ0) is 44.9. The van der Waals surface area contributed by atoms with Gasteiger partial charge in [0.1, 0.15) is 13.2 Å². The van der Waals surface area contributed by atoms with Crippen molar-refractivity contribution in [2.24, 2.45) is 17.8 Å². The van der Waals surface area contributed by atoms with Crippen LogP contribution in [0.25, 0.3) is 0 Å². The van der Waals surface area contributed by atoms with Crippen LogP contribution in [-0.2, 0) is 28.6 Å². The predicted molar refractivity (Wildman–Crippen MR) is 261 cm³/mol. The molecule has 6 heteroatoms. The Bertz CT molecular complexity index is 947. The molecule has 0 N–H and O–H groups in total. The van der Waals surface area contributed by atoms with Crippen LogP contribution in [0.3, 0.4) is 0 Å². The fourth-order valence-electron chi connectivity index (χ4n) is 8.26. The van der Waals surface area contributed by atoms with Gasteiger partial charge < -0.3 is 14.2 Å². The molecule has 0 aliphatic heterocycles. The molecular weight excluding hydrogens is 757 g/mol. The summed E-state index contributed by atoms with van der Waals surface area (Å²) in [6.07, 6.45) is 46.6. The first-order valence-electron chi connectivity index (χ1n) is 27.1. The molecule has 0 amide bonds. The van der Waals surface area contributed by atoms with E-state index in [1.54, 1.807) is 0 Å². The van der Waals surface area contributed by atoms with E-state index in [9.17, 15) is 14.4 Å². The molecule has 0 rings (SSSR count). The first-order valence-corrected chi connectivity index (χ1v) is 27.1. The second-order valence-corrected chi connectivity index (χ2v) is 20.1. The van der Waals surface area contributed by atoms with Crippen LogP contribution in [0, 0.1) is 17.8 Å². The van der Waals surface area contributed by atoms with Crippen molar-refractivity contribution in [3.05, 3.63) is 0 Å². The Morgan fingerprint density at radius 2 is 0.574 bits per heavy atom. The molecule has 61 heavy (non-hydrogen) atoms. The summed E-state index contributed by atoms with van der Waals surface area (Å²) in [4.78, 5) is 38.0. The van der Waals surface area contributed by atoms with Gasteiger partial charge in [0.2, 0.25) is 0 Å². The van der Waals surface area contributed by atoms with Crippen LogP contribution in [0.1, 0.15) is 298 Å². The molecule has 0 bridgehead atoms. The summed E-state index contributed by atoms with van der Waals surface area (Å²) < 4.78 is 16.8. The fraction of sp³-hybridized carbons (Fsp3) is 0.945. The summed E-state index contributed by atoms with van der Waals surface area (Å²) in [5.74, 6) is 1.66. The maximum absolute atomic E-state index is 12.8. The van der Waals surface area contributed by atoms with Gasteiger partial charge in [-0.15, -0.1) is 0 Å². The maximum Gasteiger partial charge on any atom is 0.306 e. The van der Waals surface area contributed by atoms with Gasteiger partial charge in [0.25, 0.3) is 0 Å². The lowest BCUT2D eigenvalue weighted by Gasteiger charge is -2.18. The molecule has 0 aromatic rings. The summed E-state index contributed by atoms with van der Waals surface area (Å²) in [6, 6.07) is 0. The molecule has 362 valence electrons. The zero-order valence-electron chi connectivity index (χ0n) is 42.0. The van der Waals surface area contributed by atoms with Crippen LogP contribution in [-0.4, -0.2) is 37.2 Å². The van der Waals surface area contributed by atoms with E-state index in [2.05, 4.69) is 41.5 Å². The van der Waals surface area contributed by atoms with Crippen LogP contribution in [0.4, 0.5) is 0 Å². The Balaban J connectivity index is 4.27. The molecule has 0 spiro atoms. The van der Waals surface area contributed by atoms with Crippen LogP contribution >= 0.6 is 0 Å². The van der Waals surface area contributed by atoms with Gasteiger partial charge in [-0.05, 0) is 37.0 Å². The monoisotopic (exact) mass is 863 g/mol. The van der Waals surface area contributed by atoms with Gasteiger partial charge in [-0.1, -0.05) is 260 Å². The lowest BCUT2D eigenvalue weighted by Crippen LogP contribution is -2.30. The molecule has 1 unspecified atom stereocenters. The van der Waals surface area contributed by atoms with E-state index in [0.717, 1.165) is 75.5 Å². The number of hydrogen-bond acceptors (Lipinski definition) is 6. The van der Waals surface area contributed by atoms with Crippen molar-refractivity contribution in [2.45, 2.75) is 304 Å². The van der Waals surface area contributed by atoms with Crippen LogP contribution in [0.5, 0.6) is 0 Å². The fourth-order valence-corrected chi connectivity index (χ4v) is 8.26. The molecule has 2 atom stereocenters. The van der Waals surface area contributed by atoms with E-state index in [1.165, 1.54) is 180 Å². The molecule has 0 saturated heterocycles. The second kappa shape index (κ2) is 46.4. The third kappa shape index (κ3) is 47.7. The van der Waals surface area contributed by atoms with Gasteiger partial charge >= 0.3 is 17.9 Å². The maximum atomic E-state index is 12.8. The third-order valence-electron chi connectivity index (χ3n) is 12.8. The molecule has 0 aromatic heterocycles. The smallest absolute Gasteiger partial charge is 0.306 e. The van der Waals surface area contributed by atoms with E-state index in [0.29, 0.717) is 19.3 Å². The van der Waals surface area contributed by atoms with Gasteiger partial charge in [-0.2, -0.15) is 0 Å². The highest BCUT2D eigenvalue weighted by atomic mass is 16.6. The molecular formula is C55H106O6. The number of unbranched alkanes of at least 4 members (excludes halogenated alkanes) is 30. The van der Waals surface area contributed by atoms with Gasteiger partial charge in [-0.3, -0.25) is 14.4 Å². The topological polar surface area (TPSA) is 78.9 Å². The Morgan fingerprint density at radius 3 is 0.852 bits per heavy atom. The molecule has 0 aliphatic rings. The van der Waals surface area contributed by atoms with Crippen molar-refractivity contribution in [1.29, 1.82) is 0 Å². The largest absolute Gasteiger partial charge is 0.462 e. The number of carbonyl (C=O) groups is 3. The van der Waals surface area contributed by atoms with E-state index < -0.39 is 6.10 Å². The van der Waals surface area contributed by atoms with Crippen molar-refractivity contribution in [2.75, 3.05) is 13.2 Å². The first kappa shape index (κ1) is 59.4. The first-order chi connectivity index (χ1) is 29.6. The van der Waals surface area contributed by atoms with Crippen molar-refractivity contribution in [3.63, 3.8) is 0 Å². The quantitative estimate of drug-likeness (QED) is 0.0344. The summed E-state index contributed by atoms with van der Waals surface area (Å²) in [7, 11) is 0. The van der Waals surface area contributed by atoms with E-state index >= 15 is 0 Å². The van der Waals surface area contributed by atoms with Crippen LogP contribution in [0.2, 0.25) is 0 Å². The van der Waals surface area contributed by atoms with Crippen molar-refractivity contribution in [1.82, 2.24) is 0 Å². The van der Waals surface area contributed by atoms with Crippen molar-refractivity contribution >= 4 is 17.9 Å². The molecule has 0 fully saturated rings. The predicted octanol–water partition coefficient (Wildman–Crippen LogP) is 17.6. The van der Waals surface area contributed by atoms with Crippen LogP contribution in [0.15, 0.2) is 0 Å². The van der Waals surface area contributed by atoms with Crippen LogP contribution < -0.4 is 0 Å². The minimum atomic E-state index is -0.763. The number of carbonyl (C=O) groups excluding carboxylic acids is 3. The van der Waals surface area contributed by atoms with E-state index in [4.69, 9.17) is 14.2 Å². The summed E-state index contributed by atoms with van der Waals surface area (Å²) in [6.45, 7) is 13.7. The Morgan fingerprint density at radius 1 is 0.328 bits per heavy atom.